The Labute approximate surface area is 185 Å². The quantitative estimate of drug-likeness (QED) is 0.405. The van der Waals surface area contributed by atoms with Crippen LogP contribution >= 0.6 is 0 Å². The van der Waals surface area contributed by atoms with Crippen LogP contribution in [0.2, 0.25) is 0 Å². The van der Waals surface area contributed by atoms with Gasteiger partial charge in [0, 0.05) is 64.6 Å². The number of hydrogen-bond donors (Lipinski definition) is 1. The third-order valence-corrected chi connectivity index (χ3v) is 5.72. The molecule has 2 heterocycles. The number of hydrogen-bond acceptors (Lipinski definition) is 3. The highest BCUT2D eigenvalue weighted by Gasteiger charge is 2.18. The number of pyridine rings is 1. The first kappa shape index (κ1) is 22.8. The van der Waals surface area contributed by atoms with Gasteiger partial charge in [0.2, 0.25) is 0 Å². The van der Waals surface area contributed by atoms with Gasteiger partial charge in [-0.2, -0.15) is 0 Å². The Morgan fingerprint density at radius 2 is 1.81 bits per heavy atom. The molecular weight excluding hydrogens is 386 g/mol. The summed E-state index contributed by atoms with van der Waals surface area (Å²) >= 11 is 0. The van der Waals surface area contributed by atoms with Crippen molar-refractivity contribution < 1.29 is 0 Å². The Morgan fingerprint density at radius 3 is 2.52 bits per heavy atom. The summed E-state index contributed by atoms with van der Waals surface area (Å²) < 4.78 is 1.85. The second-order valence-electron chi connectivity index (χ2n) is 7.94. The number of aliphatic imine (C=N–C) groups is 1. The number of piperazine rings is 1. The maximum Gasteiger partial charge on any atom is 0.250 e. The number of guanidine groups is 1. The van der Waals surface area contributed by atoms with E-state index in [4.69, 9.17) is 0 Å². The first-order chi connectivity index (χ1) is 15.2. The zero-order valence-corrected chi connectivity index (χ0v) is 18.8. The predicted molar refractivity (Wildman–Crippen MR) is 130 cm³/mol. The lowest BCUT2D eigenvalue weighted by Crippen LogP contribution is -2.52. The van der Waals surface area contributed by atoms with Crippen LogP contribution in [0.5, 0.6) is 0 Å². The molecule has 6 heteroatoms. The Kier molecular flexibility index (Phi) is 8.91. The van der Waals surface area contributed by atoms with Crippen LogP contribution in [-0.2, 0) is 6.54 Å². The smallest absolute Gasteiger partial charge is 0.250 e. The predicted octanol–water partition coefficient (Wildman–Crippen LogP) is 2.84. The molecule has 1 saturated heterocycles. The van der Waals surface area contributed by atoms with Gasteiger partial charge in [-0.05, 0) is 31.4 Å². The van der Waals surface area contributed by atoms with Crippen LogP contribution in [0.25, 0.3) is 6.08 Å². The van der Waals surface area contributed by atoms with Gasteiger partial charge in [0.15, 0.2) is 5.96 Å². The lowest BCUT2D eigenvalue weighted by molar-refractivity contribution is 0.194. The van der Waals surface area contributed by atoms with E-state index in [2.05, 4.69) is 56.5 Å². The van der Waals surface area contributed by atoms with E-state index >= 15 is 0 Å². The van der Waals surface area contributed by atoms with E-state index in [1.165, 1.54) is 5.56 Å². The fourth-order valence-electron chi connectivity index (χ4n) is 3.88. The number of aryl methyl sites for hydroxylation is 1. The molecule has 2 aromatic rings. The fraction of sp³-hybridized carbons (Fsp3) is 0.440. The SMILES string of the molecule is CN=C(NCCCCn1c(C)cccc1=O)N1CCN(C/C=C/c2ccccc2)CC1. The second-order valence-corrected chi connectivity index (χ2v) is 7.94. The molecule has 1 N–H and O–H groups in total. The number of benzene rings is 1. The molecule has 1 aromatic carbocycles. The molecular formula is C25H35N5O. The number of nitrogens with zero attached hydrogens (tertiary/aromatic N) is 4. The molecule has 0 saturated carbocycles. The van der Waals surface area contributed by atoms with Gasteiger partial charge in [0.05, 0.1) is 0 Å². The Hall–Kier alpha value is -2.86. The van der Waals surface area contributed by atoms with Crippen molar-refractivity contribution in [1.82, 2.24) is 19.7 Å². The summed E-state index contributed by atoms with van der Waals surface area (Å²) in [5.74, 6) is 0.979. The van der Waals surface area contributed by atoms with E-state index in [-0.39, 0.29) is 5.56 Å². The van der Waals surface area contributed by atoms with Crippen LogP contribution < -0.4 is 10.9 Å². The highest BCUT2D eigenvalue weighted by Crippen LogP contribution is 2.05. The zero-order valence-electron chi connectivity index (χ0n) is 18.8. The van der Waals surface area contributed by atoms with E-state index in [1.807, 2.05) is 36.7 Å². The average Bonchev–Trinajstić information content (AvgIpc) is 2.79. The van der Waals surface area contributed by atoms with Crippen LogP contribution in [-0.4, -0.2) is 66.6 Å². The molecule has 0 radical (unpaired) electrons. The molecule has 1 aromatic heterocycles. The van der Waals surface area contributed by atoms with E-state index in [0.29, 0.717) is 0 Å². The molecule has 1 aliphatic rings. The third kappa shape index (κ3) is 7.10. The maximum atomic E-state index is 11.9. The molecule has 31 heavy (non-hydrogen) atoms. The molecule has 1 fully saturated rings. The van der Waals surface area contributed by atoms with Crippen molar-refractivity contribution in [3.8, 4) is 0 Å². The molecule has 0 spiro atoms. The Balaban J connectivity index is 1.34. The summed E-state index contributed by atoms with van der Waals surface area (Å²) in [6.07, 6.45) is 6.41. The highest BCUT2D eigenvalue weighted by atomic mass is 16.1. The van der Waals surface area contributed by atoms with Crippen LogP contribution in [0.3, 0.4) is 0 Å². The number of nitrogens with one attached hydrogen (secondary N) is 1. The summed E-state index contributed by atoms with van der Waals surface area (Å²) in [6.45, 7) is 8.64. The number of unbranched alkanes of at least 4 members (excludes halogenated alkanes) is 1. The summed E-state index contributed by atoms with van der Waals surface area (Å²) in [5, 5.41) is 3.49. The average molecular weight is 422 g/mol. The summed E-state index contributed by atoms with van der Waals surface area (Å²) in [6, 6.07) is 15.9. The van der Waals surface area contributed by atoms with Crippen molar-refractivity contribution in [3.05, 3.63) is 76.2 Å². The molecule has 3 rings (SSSR count). The lowest BCUT2D eigenvalue weighted by atomic mass is 10.2. The van der Waals surface area contributed by atoms with Crippen molar-refractivity contribution in [2.45, 2.75) is 26.3 Å². The van der Waals surface area contributed by atoms with Gasteiger partial charge in [-0.15, -0.1) is 0 Å². The maximum absolute atomic E-state index is 11.9. The monoisotopic (exact) mass is 421 g/mol. The molecule has 0 aliphatic carbocycles. The van der Waals surface area contributed by atoms with E-state index in [0.717, 1.165) is 70.3 Å². The van der Waals surface area contributed by atoms with E-state index < -0.39 is 0 Å². The molecule has 6 nitrogen and oxygen atoms in total. The fourth-order valence-corrected chi connectivity index (χ4v) is 3.88. The topological polar surface area (TPSA) is 52.9 Å². The Morgan fingerprint density at radius 1 is 1.03 bits per heavy atom. The van der Waals surface area contributed by atoms with Gasteiger partial charge >= 0.3 is 0 Å². The molecule has 0 bridgehead atoms. The minimum Gasteiger partial charge on any atom is -0.356 e. The van der Waals surface area contributed by atoms with Gasteiger partial charge in [-0.3, -0.25) is 14.7 Å². The molecule has 0 atom stereocenters. The van der Waals surface area contributed by atoms with Gasteiger partial charge in [0.1, 0.15) is 0 Å². The minimum atomic E-state index is 0.0836. The van der Waals surface area contributed by atoms with E-state index in [9.17, 15) is 4.79 Å². The summed E-state index contributed by atoms with van der Waals surface area (Å²) in [4.78, 5) is 21.2. The van der Waals surface area contributed by atoms with Crippen molar-refractivity contribution in [2.24, 2.45) is 4.99 Å². The minimum absolute atomic E-state index is 0.0836. The summed E-state index contributed by atoms with van der Waals surface area (Å²) in [5.41, 5.74) is 2.35. The molecule has 0 amide bonds. The van der Waals surface area contributed by atoms with Gasteiger partial charge in [0.25, 0.3) is 5.56 Å². The summed E-state index contributed by atoms with van der Waals surface area (Å²) in [7, 11) is 1.85. The lowest BCUT2D eigenvalue weighted by Gasteiger charge is -2.36. The normalized spacial score (nSPS) is 15.5. The number of rotatable bonds is 8. The van der Waals surface area contributed by atoms with Crippen LogP contribution in [0.15, 0.2) is 64.4 Å². The van der Waals surface area contributed by atoms with Gasteiger partial charge < -0.3 is 14.8 Å². The molecule has 1 aliphatic heterocycles. The van der Waals surface area contributed by atoms with Crippen LogP contribution in [0, 0.1) is 6.92 Å². The number of aromatic nitrogens is 1. The van der Waals surface area contributed by atoms with Crippen molar-refractivity contribution in [3.63, 3.8) is 0 Å². The van der Waals surface area contributed by atoms with Crippen molar-refractivity contribution in [1.29, 1.82) is 0 Å². The standard InChI is InChI=1S/C25H35N5O/c1-22-10-8-14-24(31)30(22)17-7-6-15-27-25(26-2)29-20-18-28(19-21-29)16-9-13-23-11-4-3-5-12-23/h3-5,8-14H,6-7,15-21H2,1-2H3,(H,26,27)/b13-9+. The van der Waals surface area contributed by atoms with Crippen molar-refractivity contribution >= 4 is 12.0 Å². The molecule has 166 valence electrons. The highest BCUT2D eigenvalue weighted by molar-refractivity contribution is 5.79. The van der Waals surface area contributed by atoms with Gasteiger partial charge in [-0.25, -0.2) is 0 Å². The first-order valence-electron chi connectivity index (χ1n) is 11.2. The third-order valence-electron chi connectivity index (χ3n) is 5.72. The molecule has 0 unspecified atom stereocenters. The van der Waals surface area contributed by atoms with Crippen LogP contribution in [0.1, 0.15) is 24.1 Å². The second kappa shape index (κ2) is 12.1. The first-order valence-corrected chi connectivity index (χ1v) is 11.2. The van der Waals surface area contributed by atoms with Crippen LogP contribution in [0.4, 0.5) is 0 Å². The largest absolute Gasteiger partial charge is 0.356 e. The van der Waals surface area contributed by atoms with E-state index in [1.54, 1.807) is 6.07 Å². The van der Waals surface area contributed by atoms with Crippen molar-refractivity contribution in [2.75, 3.05) is 46.3 Å². The zero-order chi connectivity index (χ0) is 21.9. The van der Waals surface area contributed by atoms with Gasteiger partial charge in [-0.1, -0.05) is 48.6 Å². The Bertz CT molecular complexity index is 911.